The Morgan fingerprint density at radius 2 is 2.30 bits per heavy atom. The molecule has 23 heavy (non-hydrogen) atoms. The molecular weight excluding hydrogens is 292 g/mol. The molecule has 0 radical (unpaired) electrons. The smallest absolute Gasteiger partial charge is 0.263 e. The zero-order chi connectivity index (χ0) is 15.6. The molecule has 6 heteroatoms. The molecule has 1 aliphatic rings. The van der Waals surface area contributed by atoms with Gasteiger partial charge in [0.15, 0.2) is 5.76 Å². The van der Waals surface area contributed by atoms with Crippen LogP contribution in [0.5, 0.6) is 0 Å². The van der Waals surface area contributed by atoms with Gasteiger partial charge in [-0.2, -0.15) is 5.10 Å². The zero-order valence-corrected chi connectivity index (χ0v) is 13.2. The quantitative estimate of drug-likeness (QED) is 0.724. The number of oxazole rings is 1. The van der Waals surface area contributed by atoms with Crippen molar-refractivity contribution in [2.24, 2.45) is 0 Å². The first-order valence-electron chi connectivity index (χ1n) is 8.01. The molecule has 3 aromatic rings. The molecule has 0 unspecified atom stereocenters. The van der Waals surface area contributed by atoms with E-state index in [-0.39, 0.29) is 0 Å². The summed E-state index contributed by atoms with van der Waals surface area (Å²) < 4.78 is 13.1. The largest absolute Gasteiger partial charge is 0.459 e. The van der Waals surface area contributed by atoms with Gasteiger partial charge in [-0.05, 0) is 44.5 Å². The van der Waals surface area contributed by atoms with E-state index in [4.69, 9.17) is 8.83 Å². The molecule has 0 aromatic carbocycles. The third kappa shape index (κ3) is 2.94. The SMILES string of the molecule is Cc1oc(-c2ccco2)nc1CN1CCC[C@@H]1Cn1cccn1. The molecule has 1 atom stereocenters. The van der Waals surface area contributed by atoms with Gasteiger partial charge in [0.25, 0.3) is 5.89 Å². The Balaban J connectivity index is 1.48. The van der Waals surface area contributed by atoms with E-state index >= 15 is 0 Å². The fraction of sp³-hybridized carbons (Fsp3) is 0.412. The van der Waals surface area contributed by atoms with Crippen LogP contribution in [0.1, 0.15) is 24.3 Å². The van der Waals surface area contributed by atoms with Crippen molar-refractivity contribution >= 4 is 0 Å². The average molecular weight is 312 g/mol. The summed E-state index contributed by atoms with van der Waals surface area (Å²) in [5.41, 5.74) is 0.990. The number of aryl methyl sites for hydroxylation is 1. The molecule has 0 aliphatic carbocycles. The van der Waals surface area contributed by atoms with Gasteiger partial charge in [0.2, 0.25) is 0 Å². The molecule has 0 amide bonds. The molecular formula is C17H20N4O2. The minimum Gasteiger partial charge on any atom is -0.459 e. The van der Waals surface area contributed by atoms with Crippen LogP contribution in [0.4, 0.5) is 0 Å². The van der Waals surface area contributed by atoms with E-state index in [1.54, 1.807) is 6.26 Å². The summed E-state index contributed by atoms with van der Waals surface area (Å²) in [5.74, 6) is 2.10. The van der Waals surface area contributed by atoms with Crippen molar-refractivity contribution < 1.29 is 8.83 Å². The Labute approximate surface area is 134 Å². The molecule has 0 spiro atoms. The number of rotatable bonds is 5. The molecule has 0 N–H and O–H groups in total. The van der Waals surface area contributed by atoms with Crippen LogP contribution in [0, 0.1) is 6.92 Å². The van der Waals surface area contributed by atoms with Gasteiger partial charge in [-0.15, -0.1) is 0 Å². The van der Waals surface area contributed by atoms with Crippen LogP contribution in [-0.4, -0.2) is 32.3 Å². The molecule has 1 saturated heterocycles. The maximum Gasteiger partial charge on any atom is 0.263 e. The first-order chi connectivity index (χ1) is 11.3. The molecule has 4 rings (SSSR count). The Morgan fingerprint density at radius 3 is 3.09 bits per heavy atom. The van der Waals surface area contributed by atoms with Gasteiger partial charge in [0.05, 0.1) is 18.5 Å². The summed E-state index contributed by atoms with van der Waals surface area (Å²) in [7, 11) is 0. The molecule has 4 heterocycles. The summed E-state index contributed by atoms with van der Waals surface area (Å²) in [6.45, 7) is 4.79. The van der Waals surface area contributed by atoms with Crippen LogP contribution < -0.4 is 0 Å². The van der Waals surface area contributed by atoms with Gasteiger partial charge in [-0.25, -0.2) is 4.98 Å². The van der Waals surface area contributed by atoms with Crippen LogP contribution in [0.3, 0.4) is 0 Å². The first kappa shape index (κ1) is 14.3. The second-order valence-electron chi connectivity index (χ2n) is 5.99. The van der Waals surface area contributed by atoms with Crippen molar-refractivity contribution in [2.75, 3.05) is 6.54 Å². The van der Waals surface area contributed by atoms with E-state index in [0.717, 1.165) is 31.1 Å². The molecule has 3 aromatic heterocycles. The lowest BCUT2D eigenvalue weighted by Gasteiger charge is -2.23. The van der Waals surface area contributed by atoms with E-state index in [1.165, 1.54) is 12.8 Å². The second kappa shape index (κ2) is 6.04. The highest BCUT2D eigenvalue weighted by atomic mass is 16.4. The Kier molecular flexibility index (Phi) is 3.75. The van der Waals surface area contributed by atoms with Crippen molar-refractivity contribution in [2.45, 2.75) is 38.9 Å². The third-order valence-electron chi connectivity index (χ3n) is 4.43. The summed E-state index contributed by atoms with van der Waals surface area (Å²) in [5, 5.41) is 4.32. The van der Waals surface area contributed by atoms with Gasteiger partial charge in [-0.1, -0.05) is 0 Å². The maximum absolute atomic E-state index is 5.76. The Bertz CT molecular complexity index is 746. The van der Waals surface area contributed by atoms with Gasteiger partial charge < -0.3 is 8.83 Å². The highest BCUT2D eigenvalue weighted by Gasteiger charge is 2.27. The van der Waals surface area contributed by atoms with Crippen molar-refractivity contribution in [3.05, 3.63) is 48.3 Å². The van der Waals surface area contributed by atoms with E-state index in [2.05, 4.69) is 15.0 Å². The lowest BCUT2D eigenvalue weighted by molar-refractivity contribution is 0.216. The van der Waals surface area contributed by atoms with Crippen molar-refractivity contribution in [3.63, 3.8) is 0 Å². The lowest BCUT2D eigenvalue weighted by atomic mass is 10.2. The monoisotopic (exact) mass is 312 g/mol. The third-order valence-corrected chi connectivity index (χ3v) is 4.43. The normalized spacial score (nSPS) is 18.7. The molecule has 0 bridgehead atoms. The first-order valence-corrected chi connectivity index (χ1v) is 8.01. The summed E-state index contributed by atoms with van der Waals surface area (Å²) in [6.07, 6.45) is 7.90. The topological polar surface area (TPSA) is 60.2 Å². The van der Waals surface area contributed by atoms with E-state index in [9.17, 15) is 0 Å². The van der Waals surface area contributed by atoms with Crippen LogP contribution in [0.25, 0.3) is 11.7 Å². The fourth-order valence-electron chi connectivity index (χ4n) is 3.21. The number of hydrogen-bond acceptors (Lipinski definition) is 5. The van der Waals surface area contributed by atoms with Gasteiger partial charge in [0.1, 0.15) is 5.76 Å². The van der Waals surface area contributed by atoms with E-state index < -0.39 is 0 Å². The fourth-order valence-corrected chi connectivity index (χ4v) is 3.21. The number of furan rings is 1. The molecule has 6 nitrogen and oxygen atoms in total. The molecule has 120 valence electrons. The number of likely N-dealkylation sites (tertiary alicyclic amines) is 1. The highest BCUT2D eigenvalue weighted by Crippen LogP contribution is 2.26. The minimum absolute atomic E-state index is 0.498. The lowest BCUT2D eigenvalue weighted by Crippen LogP contribution is -2.33. The average Bonchev–Trinajstić information content (AvgIpc) is 3.31. The van der Waals surface area contributed by atoms with Crippen LogP contribution in [-0.2, 0) is 13.1 Å². The van der Waals surface area contributed by atoms with Crippen molar-refractivity contribution in [1.82, 2.24) is 19.7 Å². The van der Waals surface area contributed by atoms with Crippen molar-refractivity contribution in [1.29, 1.82) is 0 Å². The molecule has 1 aliphatic heterocycles. The number of aromatic nitrogens is 3. The standard InChI is InChI=1S/C17H20N4O2/c1-13-15(19-17(23-13)16-6-3-10-22-16)12-20-8-2-5-14(20)11-21-9-4-7-18-21/h3-4,6-7,9-10,14H,2,5,8,11-12H2,1H3/t14-/m1/s1. The molecule has 1 fully saturated rings. The predicted molar refractivity (Wildman–Crippen MR) is 84.6 cm³/mol. The number of nitrogens with zero attached hydrogens (tertiary/aromatic N) is 4. The minimum atomic E-state index is 0.498. The Hall–Kier alpha value is -2.34. The highest BCUT2D eigenvalue weighted by molar-refractivity contribution is 5.44. The summed E-state index contributed by atoms with van der Waals surface area (Å²) in [4.78, 5) is 7.09. The maximum atomic E-state index is 5.76. The second-order valence-corrected chi connectivity index (χ2v) is 5.99. The van der Waals surface area contributed by atoms with Crippen LogP contribution >= 0.6 is 0 Å². The van der Waals surface area contributed by atoms with E-state index in [1.807, 2.05) is 42.2 Å². The Morgan fingerprint density at radius 1 is 1.35 bits per heavy atom. The van der Waals surface area contributed by atoms with Crippen LogP contribution in [0.15, 0.2) is 45.7 Å². The summed E-state index contributed by atoms with van der Waals surface area (Å²) >= 11 is 0. The van der Waals surface area contributed by atoms with Gasteiger partial charge >= 0.3 is 0 Å². The zero-order valence-electron chi connectivity index (χ0n) is 13.2. The van der Waals surface area contributed by atoms with Crippen LogP contribution in [0.2, 0.25) is 0 Å². The van der Waals surface area contributed by atoms with Crippen molar-refractivity contribution in [3.8, 4) is 11.7 Å². The van der Waals surface area contributed by atoms with E-state index in [0.29, 0.717) is 17.7 Å². The predicted octanol–water partition coefficient (Wildman–Crippen LogP) is 3.10. The molecule has 0 saturated carbocycles. The van der Waals surface area contributed by atoms with Gasteiger partial charge in [-0.3, -0.25) is 9.58 Å². The summed E-state index contributed by atoms with van der Waals surface area (Å²) in [6, 6.07) is 6.18. The van der Waals surface area contributed by atoms with Gasteiger partial charge in [0, 0.05) is 25.0 Å². The number of hydrogen-bond donors (Lipinski definition) is 0.